The van der Waals surface area contributed by atoms with Crippen LogP contribution in [-0.2, 0) is 4.79 Å². The van der Waals surface area contributed by atoms with Gasteiger partial charge in [-0.15, -0.1) is 11.6 Å². The zero-order valence-corrected chi connectivity index (χ0v) is 13.1. The van der Waals surface area contributed by atoms with Crippen molar-refractivity contribution in [2.75, 3.05) is 32.1 Å². The van der Waals surface area contributed by atoms with E-state index in [1.54, 1.807) is 34.2 Å². The summed E-state index contributed by atoms with van der Waals surface area (Å²) >= 11 is 5.85. The maximum Gasteiger partial charge on any atom is 0.272 e. The number of hydrogen-bond acceptors (Lipinski definition) is 3. The van der Waals surface area contributed by atoms with E-state index in [0.717, 1.165) is 0 Å². The maximum absolute atomic E-state index is 12.3. The Hall–Kier alpha value is -1.62. The highest BCUT2D eigenvalue weighted by Crippen LogP contribution is 2.21. The second-order valence-electron chi connectivity index (χ2n) is 5.82. The monoisotopic (exact) mass is 309 g/mol. The Morgan fingerprint density at radius 3 is 2.33 bits per heavy atom. The molecule has 1 saturated heterocycles. The number of aromatic nitrogens is 1. The van der Waals surface area contributed by atoms with Gasteiger partial charge in [0.2, 0.25) is 5.91 Å². The Morgan fingerprint density at radius 1 is 1.19 bits per heavy atom. The number of nitrogens with zero attached hydrogens (tertiary/aromatic N) is 3. The molecule has 0 saturated carbocycles. The molecule has 5 nitrogen and oxygen atoms in total. The maximum atomic E-state index is 12.3. The second kappa shape index (κ2) is 6.43. The lowest BCUT2D eigenvalue weighted by Crippen LogP contribution is -2.53. The van der Waals surface area contributed by atoms with E-state index in [0.29, 0.717) is 37.8 Å². The normalized spacial score (nSPS) is 16.0. The molecule has 0 aliphatic carbocycles. The first-order valence-electron chi connectivity index (χ1n) is 7.01. The Kier molecular flexibility index (Phi) is 4.83. The van der Waals surface area contributed by atoms with E-state index in [2.05, 4.69) is 4.98 Å². The van der Waals surface area contributed by atoms with Crippen LogP contribution in [-0.4, -0.2) is 58.7 Å². The molecule has 0 bridgehead atoms. The number of halogens is 1. The largest absolute Gasteiger partial charge is 0.339 e. The number of rotatable bonds is 3. The molecule has 0 radical (unpaired) electrons. The van der Waals surface area contributed by atoms with Gasteiger partial charge in [0.15, 0.2) is 0 Å². The van der Waals surface area contributed by atoms with Crippen molar-refractivity contribution in [3.8, 4) is 0 Å². The van der Waals surface area contributed by atoms with Crippen molar-refractivity contribution in [3.63, 3.8) is 0 Å². The molecule has 21 heavy (non-hydrogen) atoms. The van der Waals surface area contributed by atoms with Crippen LogP contribution in [0.4, 0.5) is 0 Å². The summed E-state index contributed by atoms with van der Waals surface area (Å²) in [5.74, 6) is 0.251. The molecule has 6 heteroatoms. The van der Waals surface area contributed by atoms with Crippen LogP contribution in [0.15, 0.2) is 24.4 Å². The van der Waals surface area contributed by atoms with Gasteiger partial charge in [-0.05, 0) is 26.0 Å². The molecule has 0 unspecified atom stereocenters. The summed E-state index contributed by atoms with van der Waals surface area (Å²) in [7, 11) is 0. The number of carbonyl (C=O) groups is 2. The molecule has 1 fully saturated rings. The SMILES string of the molecule is CC(C)(CCl)C(=O)N1CCN(C(=O)c2ccccn2)CC1. The highest BCUT2D eigenvalue weighted by atomic mass is 35.5. The minimum Gasteiger partial charge on any atom is -0.339 e. The smallest absolute Gasteiger partial charge is 0.272 e. The summed E-state index contributed by atoms with van der Waals surface area (Å²) in [6, 6.07) is 5.28. The van der Waals surface area contributed by atoms with Crippen molar-refractivity contribution >= 4 is 23.4 Å². The van der Waals surface area contributed by atoms with Crippen LogP contribution in [0.25, 0.3) is 0 Å². The lowest BCUT2D eigenvalue weighted by Gasteiger charge is -2.38. The van der Waals surface area contributed by atoms with Gasteiger partial charge in [0, 0.05) is 38.3 Å². The highest BCUT2D eigenvalue weighted by molar-refractivity contribution is 6.19. The third kappa shape index (κ3) is 3.53. The average Bonchev–Trinajstić information content (AvgIpc) is 2.54. The molecule has 114 valence electrons. The first kappa shape index (κ1) is 15.8. The van der Waals surface area contributed by atoms with Gasteiger partial charge in [-0.25, -0.2) is 0 Å². The molecule has 2 amide bonds. The number of carbonyl (C=O) groups excluding carboxylic acids is 2. The topological polar surface area (TPSA) is 53.5 Å². The number of piperazine rings is 1. The van der Waals surface area contributed by atoms with E-state index in [1.165, 1.54) is 0 Å². The first-order valence-corrected chi connectivity index (χ1v) is 7.55. The zero-order chi connectivity index (χ0) is 15.5. The predicted octanol–water partition coefficient (Wildman–Crippen LogP) is 1.63. The van der Waals surface area contributed by atoms with Crippen LogP contribution in [0, 0.1) is 5.41 Å². The van der Waals surface area contributed by atoms with Crippen molar-refractivity contribution in [1.29, 1.82) is 0 Å². The van der Waals surface area contributed by atoms with E-state index in [1.807, 2.05) is 13.8 Å². The fourth-order valence-electron chi connectivity index (χ4n) is 2.25. The highest BCUT2D eigenvalue weighted by Gasteiger charge is 2.33. The molecule has 0 atom stereocenters. The van der Waals surface area contributed by atoms with E-state index in [9.17, 15) is 9.59 Å². The lowest BCUT2D eigenvalue weighted by atomic mass is 9.94. The van der Waals surface area contributed by atoms with E-state index >= 15 is 0 Å². The van der Waals surface area contributed by atoms with Crippen molar-refractivity contribution < 1.29 is 9.59 Å². The lowest BCUT2D eigenvalue weighted by molar-refractivity contribution is -0.140. The van der Waals surface area contributed by atoms with E-state index in [4.69, 9.17) is 11.6 Å². The molecule has 0 N–H and O–H groups in total. The average molecular weight is 310 g/mol. The molecule has 0 spiro atoms. The number of pyridine rings is 1. The number of hydrogen-bond donors (Lipinski definition) is 0. The molecule has 1 aromatic heterocycles. The summed E-state index contributed by atoms with van der Waals surface area (Å²) in [5.41, 5.74) is -0.118. The summed E-state index contributed by atoms with van der Waals surface area (Å²) in [6.07, 6.45) is 1.61. The fourth-order valence-corrected chi connectivity index (χ4v) is 2.36. The van der Waals surface area contributed by atoms with Gasteiger partial charge >= 0.3 is 0 Å². The van der Waals surface area contributed by atoms with Gasteiger partial charge in [-0.1, -0.05) is 6.07 Å². The van der Waals surface area contributed by atoms with Gasteiger partial charge in [-0.3, -0.25) is 14.6 Å². The molecular formula is C15H20ClN3O2. The molecule has 1 aliphatic rings. The van der Waals surface area contributed by atoms with Crippen molar-refractivity contribution in [3.05, 3.63) is 30.1 Å². The van der Waals surface area contributed by atoms with Gasteiger partial charge in [0.1, 0.15) is 5.69 Å². The van der Waals surface area contributed by atoms with Crippen LogP contribution in [0.2, 0.25) is 0 Å². The van der Waals surface area contributed by atoms with Crippen molar-refractivity contribution in [2.45, 2.75) is 13.8 Å². The fraction of sp³-hybridized carbons (Fsp3) is 0.533. The van der Waals surface area contributed by atoms with Gasteiger partial charge in [-0.2, -0.15) is 0 Å². The standard InChI is InChI=1S/C15H20ClN3O2/c1-15(2,11-16)14(21)19-9-7-18(8-10-19)13(20)12-5-3-4-6-17-12/h3-6H,7-11H2,1-2H3. The van der Waals surface area contributed by atoms with E-state index in [-0.39, 0.29) is 11.8 Å². The summed E-state index contributed by atoms with van der Waals surface area (Å²) < 4.78 is 0. The summed E-state index contributed by atoms with van der Waals surface area (Å²) in [6.45, 7) is 5.82. The Balaban J connectivity index is 1.95. The third-order valence-corrected chi connectivity index (χ3v) is 4.32. The second-order valence-corrected chi connectivity index (χ2v) is 6.08. The Labute approximate surface area is 129 Å². The van der Waals surface area contributed by atoms with Crippen molar-refractivity contribution in [2.24, 2.45) is 5.41 Å². The van der Waals surface area contributed by atoms with Crippen molar-refractivity contribution in [1.82, 2.24) is 14.8 Å². The Morgan fingerprint density at radius 2 is 1.81 bits per heavy atom. The van der Waals surface area contributed by atoms with Crippen LogP contribution >= 0.6 is 11.6 Å². The Bertz CT molecular complexity index is 511. The zero-order valence-electron chi connectivity index (χ0n) is 12.4. The van der Waals surface area contributed by atoms with E-state index < -0.39 is 5.41 Å². The number of amides is 2. The summed E-state index contributed by atoms with van der Waals surface area (Å²) in [5, 5.41) is 0. The molecule has 1 aromatic rings. The minimum atomic E-state index is -0.561. The quantitative estimate of drug-likeness (QED) is 0.798. The van der Waals surface area contributed by atoms with Gasteiger partial charge in [0.25, 0.3) is 5.91 Å². The van der Waals surface area contributed by atoms with Crippen LogP contribution in [0.1, 0.15) is 24.3 Å². The molecule has 0 aromatic carbocycles. The minimum absolute atomic E-state index is 0.0439. The molecule has 1 aliphatic heterocycles. The third-order valence-electron chi connectivity index (χ3n) is 3.65. The molecular weight excluding hydrogens is 290 g/mol. The van der Waals surface area contributed by atoms with Crippen LogP contribution < -0.4 is 0 Å². The summed E-state index contributed by atoms with van der Waals surface area (Å²) in [4.78, 5) is 32.2. The first-order chi connectivity index (χ1) is 9.95. The van der Waals surface area contributed by atoms with Gasteiger partial charge in [0.05, 0.1) is 5.41 Å². The van der Waals surface area contributed by atoms with Crippen LogP contribution in [0.3, 0.4) is 0 Å². The molecule has 2 rings (SSSR count). The van der Waals surface area contributed by atoms with Crippen LogP contribution in [0.5, 0.6) is 0 Å². The van der Waals surface area contributed by atoms with Gasteiger partial charge < -0.3 is 9.80 Å². The predicted molar refractivity (Wildman–Crippen MR) is 81.2 cm³/mol. The number of alkyl halides is 1. The molecule has 2 heterocycles.